The van der Waals surface area contributed by atoms with Gasteiger partial charge in [-0.3, -0.25) is 19.7 Å². The molecule has 0 unspecified atom stereocenters. The molecule has 0 spiro atoms. The van der Waals surface area contributed by atoms with Gasteiger partial charge in [0.25, 0.3) is 5.91 Å². The molecule has 1 aromatic carbocycles. The molecule has 1 aliphatic carbocycles. The van der Waals surface area contributed by atoms with Crippen LogP contribution in [-0.2, 0) is 14.3 Å². The number of imide groups is 1. The van der Waals surface area contributed by atoms with Gasteiger partial charge in [0, 0.05) is 18.0 Å². The maximum atomic E-state index is 11.8. The summed E-state index contributed by atoms with van der Waals surface area (Å²) in [5.74, 6) is -1.53. The van der Waals surface area contributed by atoms with Gasteiger partial charge in [-0.15, -0.1) is 0 Å². The number of Topliss-reactive ketones (excluding diaryl/α,β-unsaturated/α-hetero) is 1. The van der Waals surface area contributed by atoms with Crippen LogP contribution in [0.4, 0.5) is 4.79 Å². The van der Waals surface area contributed by atoms with E-state index in [0.717, 1.165) is 12.8 Å². The smallest absolute Gasteiger partial charge is 0.321 e. The van der Waals surface area contributed by atoms with Crippen molar-refractivity contribution in [2.24, 2.45) is 0 Å². The molecule has 1 aliphatic rings. The van der Waals surface area contributed by atoms with Crippen molar-refractivity contribution >= 4 is 23.7 Å². The first-order valence-electron chi connectivity index (χ1n) is 7.39. The molecular formula is C16H18N2O5. The van der Waals surface area contributed by atoms with Crippen molar-refractivity contribution in [2.45, 2.75) is 31.7 Å². The molecule has 1 fully saturated rings. The van der Waals surface area contributed by atoms with E-state index < -0.39 is 24.5 Å². The molecule has 2 rings (SSSR count). The zero-order valence-corrected chi connectivity index (χ0v) is 12.5. The maximum absolute atomic E-state index is 11.8. The number of ether oxygens (including phenoxy) is 1. The molecule has 0 saturated heterocycles. The van der Waals surface area contributed by atoms with E-state index in [-0.39, 0.29) is 24.7 Å². The third-order valence-electron chi connectivity index (χ3n) is 3.18. The van der Waals surface area contributed by atoms with Gasteiger partial charge in [0.05, 0.1) is 6.42 Å². The van der Waals surface area contributed by atoms with Crippen molar-refractivity contribution in [1.82, 2.24) is 10.6 Å². The van der Waals surface area contributed by atoms with Gasteiger partial charge in [-0.2, -0.15) is 0 Å². The second kappa shape index (κ2) is 8.07. The molecule has 7 nitrogen and oxygen atoms in total. The fourth-order valence-corrected chi connectivity index (χ4v) is 1.81. The number of carbonyl (C=O) groups excluding carboxylic acids is 4. The van der Waals surface area contributed by atoms with Crippen LogP contribution in [0.25, 0.3) is 0 Å². The van der Waals surface area contributed by atoms with Crippen LogP contribution in [0.15, 0.2) is 30.3 Å². The lowest BCUT2D eigenvalue weighted by atomic mass is 10.1. The average molecular weight is 318 g/mol. The Morgan fingerprint density at radius 3 is 2.39 bits per heavy atom. The molecule has 0 bridgehead atoms. The number of benzene rings is 1. The van der Waals surface area contributed by atoms with E-state index in [1.165, 1.54) is 0 Å². The first kappa shape index (κ1) is 16.7. The summed E-state index contributed by atoms with van der Waals surface area (Å²) in [5.41, 5.74) is 0.523. The summed E-state index contributed by atoms with van der Waals surface area (Å²) in [6.07, 6.45) is 1.71. The van der Waals surface area contributed by atoms with Crippen LogP contribution >= 0.6 is 0 Å². The van der Waals surface area contributed by atoms with Crippen LogP contribution in [-0.4, -0.2) is 36.3 Å². The van der Waals surface area contributed by atoms with Crippen LogP contribution in [0.3, 0.4) is 0 Å². The van der Waals surface area contributed by atoms with E-state index in [1.54, 1.807) is 30.3 Å². The first-order chi connectivity index (χ1) is 11.0. The quantitative estimate of drug-likeness (QED) is 0.580. The predicted molar refractivity (Wildman–Crippen MR) is 80.7 cm³/mol. The van der Waals surface area contributed by atoms with Crippen molar-refractivity contribution in [3.05, 3.63) is 35.9 Å². The minimum absolute atomic E-state index is 0.00658. The van der Waals surface area contributed by atoms with E-state index in [0.29, 0.717) is 5.56 Å². The summed E-state index contributed by atoms with van der Waals surface area (Å²) in [5, 5.41) is 4.64. The van der Waals surface area contributed by atoms with Gasteiger partial charge in [0.15, 0.2) is 12.4 Å². The van der Waals surface area contributed by atoms with Gasteiger partial charge in [0.1, 0.15) is 0 Å². The second-order valence-corrected chi connectivity index (χ2v) is 5.25. The first-order valence-corrected chi connectivity index (χ1v) is 7.39. The molecule has 7 heteroatoms. The molecule has 23 heavy (non-hydrogen) atoms. The van der Waals surface area contributed by atoms with E-state index in [9.17, 15) is 19.2 Å². The number of esters is 1. The Bertz CT molecular complexity index is 596. The molecule has 1 saturated carbocycles. The highest BCUT2D eigenvalue weighted by atomic mass is 16.5. The largest absolute Gasteiger partial charge is 0.456 e. The summed E-state index contributed by atoms with van der Waals surface area (Å²) in [6, 6.07) is 8.15. The molecule has 3 amide bonds. The molecular weight excluding hydrogens is 300 g/mol. The Balaban J connectivity index is 1.61. The topological polar surface area (TPSA) is 102 Å². The second-order valence-electron chi connectivity index (χ2n) is 5.25. The Morgan fingerprint density at radius 1 is 1.04 bits per heavy atom. The van der Waals surface area contributed by atoms with Gasteiger partial charge in [-0.25, -0.2) is 4.79 Å². The van der Waals surface area contributed by atoms with Crippen molar-refractivity contribution in [1.29, 1.82) is 0 Å². The van der Waals surface area contributed by atoms with Crippen LogP contribution in [0, 0.1) is 0 Å². The molecule has 0 radical (unpaired) electrons. The fourth-order valence-electron chi connectivity index (χ4n) is 1.81. The van der Waals surface area contributed by atoms with Crippen LogP contribution in [0.2, 0.25) is 0 Å². The van der Waals surface area contributed by atoms with Gasteiger partial charge in [-0.1, -0.05) is 30.3 Å². The molecule has 0 heterocycles. The fraction of sp³-hybridized carbons (Fsp3) is 0.375. The Labute approximate surface area is 133 Å². The molecule has 122 valence electrons. The number of hydrogen-bond acceptors (Lipinski definition) is 5. The SMILES string of the molecule is O=C(COC(=O)CCC(=O)c1ccccc1)NC(=O)NC1CC1. The predicted octanol–water partition coefficient (Wildman–Crippen LogP) is 1.18. The number of rotatable bonds is 7. The number of ketones is 1. The Morgan fingerprint density at radius 2 is 1.74 bits per heavy atom. The third kappa shape index (κ3) is 6.29. The summed E-state index contributed by atoms with van der Waals surface area (Å²) in [7, 11) is 0. The monoisotopic (exact) mass is 318 g/mol. The normalized spacial score (nSPS) is 13.0. The van der Waals surface area contributed by atoms with E-state index in [2.05, 4.69) is 10.6 Å². The zero-order chi connectivity index (χ0) is 16.7. The standard InChI is InChI=1S/C16H18N2O5/c19-13(11-4-2-1-3-5-11)8-9-15(21)23-10-14(20)18-16(22)17-12-6-7-12/h1-5,12H,6-10H2,(H2,17,18,20,22). The van der Waals surface area contributed by atoms with Crippen molar-refractivity contribution in [3.63, 3.8) is 0 Å². The summed E-state index contributed by atoms with van der Waals surface area (Å²) < 4.78 is 4.73. The highest BCUT2D eigenvalue weighted by Gasteiger charge is 2.24. The Hall–Kier alpha value is -2.70. The van der Waals surface area contributed by atoms with Gasteiger partial charge in [0.2, 0.25) is 0 Å². The van der Waals surface area contributed by atoms with E-state index >= 15 is 0 Å². The van der Waals surface area contributed by atoms with Gasteiger partial charge < -0.3 is 10.1 Å². The van der Waals surface area contributed by atoms with Crippen molar-refractivity contribution in [3.8, 4) is 0 Å². The minimum Gasteiger partial charge on any atom is -0.456 e. The summed E-state index contributed by atoms with van der Waals surface area (Å²) in [6.45, 7) is -0.545. The minimum atomic E-state index is -0.703. The summed E-state index contributed by atoms with van der Waals surface area (Å²) >= 11 is 0. The molecule has 0 atom stereocenters. The van der Waals surface area contributed by atoms with E-state index in [4.69, 9.17) is 4.74 Å². The van der Waals surface area contributed by atoms with Crippen molar-refractivity contribution < 1.29 is 23.9 Å². The third-order valence-corrected chi connectivity index (χ3v) is 3.18. The van der Waals surface area contributed by atoms with E-state index in [1.807, 2.05) is 0 Å². The lowest BCUT2D eigenvalue weighted by Gasteiger charge is -2.06. The van der Waals surface area contributed by atoms with Gasteiger partial charge >= 0.3 is 12.0 Å². The van der Waals surface area contributed by atoms with Crippen molar-refractivity contribution in [2.75, 3.05) is 6.61 Å². The van der Waals surface area contributed by atoms with Gasteiger partial charge in [-0.05, 0) is 12.8 Å². The number of urea groups is 1. The molecule has 0 aromatic heterocycles. The van der Waals surface area contributed by atoms with Crippen LogP contribution in [0.5, 0.6) is 0 Å². The molecule has 2 N–H and O–H groups in total. The number of hydrogen-bond donors (Lipinski definition) is 2. The number of amides is 3. The molecule has 0 aliphatic heterocycles. The lowest BCUT2D eigenvalue weighted by Crippen LogP contribution is -2.42. The highest BCUT2D eigenvalue weighted by molar-refractivity contribution is 5.98. The highest BCUT2D eigenvalue weighted by Crippen LogP contribution is 2.18. The molecule has 1 aromatic rings. The average Bonchev–Trinajstić information content (AvgIpc) is 3.35. The number of nitrogens with one attached hydrogen (secondary N) is 2. The Kier molecular flexibility index (Phi) is 5.85. The number of carbonyl (C=O) groups is 4. The summed E-state index contributed by atoms with van der Waals surface area (Å²) in [4.78, 5) is 46.0. The van der Waals surface area contributed by atoms with Crippen LogP contribution in [0.1, 0.15) is 36.0 Å². The van der Waals surface area contributed by atoms with Crippen LogP contribution < -0.4 is 10.6 Å². The maximum Gasteiger partial charge on any atom is 0.321 e. The zero-order valence-electron chi connectivity index (χ0n) is 12.5. The lowest BCUT2D eigenvalue weighted by molar-refractivity contribution is -0.148.